The molecule has 0 saturated carbocycles. The molecule has 2 aromatic heterocycles. The fraction of sp³-hybridized carbons (Fsp3) is 0.583. The van der Waals surface area contributed by atoms with E-state index in [-0.39, 0.29) is 11.2 Å². The van der Waals surface area contributed by atoms with Gasteiger partial charge in [0.2, 0.25) is 0 Å². The molecule has 1 aliphatic rings. The second kappa shape index (κ2) is 5.33. The van der Waals surface area contributed by atoms with E-state index in [1.54, 1.807) is 13.4 Å². The number of fused-ring (bicyclic) bond motifs is 1. The first-order chi connectivity index (χ1) is 9.59. The van der Waals surface area contributed by atoms with Gasteiger partial charge in [-0.05, 0) is 17.9 Å². The molecule has 0 radical (unpaired) electrons. The summed E-state index contributed by atoms with van der Waals surface area (Å²) in [5.74, 6) is 2.33. The van der Waals surface area contributed by atoms with E-state index in [9.17, 15) is 9.59 Å². The average Bonchev–Trinajstić information content (AvgIpc) is 2.88. The number of hydrogen-bond donors (Lipinski definition) is 0. The molecule has 0 aliphatic carbocycles. The van der Waals surface area contributed by atoms with E-state index in [2.05, 4.69) is 4.98 Å². The van der Waals surface area contributed by atoms with E-state index in [0.717, 1.165) is 11.1 Å². The Balaban J connectivity index is 2.09. The summed E-state index contributed by atoms with van der Waals surface area (Å²) in [6.07, 6.45) is 2.91. The van der Waals surface area contributed by atoms with E-state index in [1.807, 2.05) is 28.1 Å². The van der Waals surface area contributed by atoms with Crippen molar-refractivity contribution in [2.45, 2.75) is 17.5 Å². The predicted octanol–water partition coefficient (Wildman–Crippen LogP) is 0.630. The van der Waals surface area contributed by atoms with Crippen molar-refractivity contribution in [2.75, 3.05) is 11.5 Å². The van der Waals surface area contributed by atoms with Crippen LogP contribution in [0.4, 0.5) is 0 Å². The van der Waals surface area contributed by atoms with Crippen molar-refractivity contribution in [1.82, 2.24) is 18.7 Å². The lowest BCUT2D eigenvalue weighted by atomic mass is 10.5. The maximum atomic E-state index is 12.3. The number of thioether (sulfide) groups is 2. The zero-order valence-corrected chi connectivity index (χ0v) is 13.0. The highest BCUT2D eigenvalue weighted by Gasteiger charge is 2.19. The van der Waals surface area contributed by atoms with E-state index >= 15 is 0 Å². The van der Waals surface area contributed by atoms with Gasteiger partial charge >= 0.3 is 5.69 Å². The zero-order chi connectivity index (χ0) is 14.3. The summed E-state index contributed by atoms with van der Waals surface area (Å²) in [5, 5.41) is 0. The van der Waals surface area contributed by atoms with Gasteiger partial charge in [-0.1, -0.05) is 0 Å². The van der Waals surface area contributed by atoms with Gasteiger partial charge in [0.25, 0.3) is 5.56 Å². The third kappa shape index (κ3) is 2.20. The van der Waals surface area contributed by atoms with E-state index in [0.29, 0.717) is 15.7 Å². The Morgan fingerprint density at radius 2 is 1.95 bits per heavy atom. The summed E-state index contributed by atoms with van der Waals surface area (Å²) in [4.78, 5) is 28.4. The van der Waals surface area contributed by atoms with Crippen LogP contribution in [-0.2, 0) is 20.6 Å². The van der Waals surface area contributed by atoms with Crippen molar-refractivity contribution in [2.24, 2.45) is 14.1 Å². The Morgan fingerprint density at radius 3 is 2.65 bits per heavy atom. The molecule has 0 amide bonds. The summed E-state index contributed by atoms with van der Waals surface area (Å²) in [7, 11) is 3.15. The Labute approximate surface area is 124 Å². The fourth-order valence-corrected chi connectivity index (χ4v) is 5.16. The zero-order valence-electron chi connectivity index (χ0n) is 11.4. The molecule has 0 unspecified atom stereocenters. The first kappa shape index (κ1) is 13.8. The Morgan fingerprint density at radius 1 is 1.25 bits per heavy atom. The third-order valence-electron chi connectivity index (χ3n) is 3.46. The van der Waals surface area contributed by atoms with Crippen molar-refractivity contribution in [3.8, 4) is 0 Å². The van der Waals surface area contributed by atoms with Crippen LogP contribution in [0.2, 0.25) is 0 Å². The number of rotatable bonds is 2. The molecule has 1 fully saturated rings. The summed E-state index contributed by atoms with van der Waals surface area (Å²) < 4.78 is 4.89. The quantitative estimate of drug-likeness (QED) is 0.814. The first-order valence-electron chi connectivity index (χ1n) is 6.43. The molecule has 1 saturated heterocycles. The van der Waals surface area contributed by atoms with Crippen LogP contribution in [-0.4, -0.2) is 34.8 Å². The van der Waals surface area contributed by atoms with Gasteiger partial charge in [0, 0.05) is 20.6 Å². The van der Waals surface area contributed by atoms with E-state index in [4.69, 9.17) is 0 Å². The van der Waals surface area contributed by atoms with Crippen LogP contribution in [0.25, 0.3) is 11.2 Å². The summed E-state index contributed by atoms with van der Waals surface area (Å²) in [5.41, 5.74) is 0.367. The molecule has 3 rings (SSSR count). The van der Waals surface area contributed by atoms with Crippen molar-refractivity contribution in [3.05, 3.63) is 27.2 Å². The SMILES string of the molecule is Cn1c(=O)c2c(ncn2CC2SCCCS2)n(C)c1=O. The third-order valence-corrected chi connectivity index (χ3v) is 6.37. The molecule has 0 bridgehead atoms. The van der Waals surface area contributed by atoms with Gasteiger partial charge in [0.05, 0.1) is 10.9 Å². The Bertz CT molecular complexity index is 755. The fourth-order valence-electron chi connectivity index (χ4n) is 2.34. The summed E-state index contributed by atoms with van der Waals surface area (Å²) >= 11 is 3.85. The minimum Gasteiger partial charge on any atom is -0.323 e. The lowest BCUT2D eigenvalue weighted by molar-refractivity contribution is 0.698. The minimum absolute atomic E-state index is 0.272. The highest BCUT2D eigenvalue weighted by molar-refractivity contribution is 8.17. The molecule has 3 heterocycles. The minimum atomic E-state index is -0.339. The van der Waals surface area contributed by atoms with Crippen LogP contribution in [0.5, 0.6) is 0 Å². The molecule has 0 N–H and O–H groups in total. The highest BCUT2D eigenvalue weighted by Crippen LogP contribution is 2.31. The first-order valence-corrected chi connectivity index (χ1v) is 8.53. The number of nitrogens with zero attached hydrogens (tertiary/aromatic N) is 4. The van der Waals surface area contributed by atoms with Gasteiger partial charge in [-0.25, -0.2) is 9.78 Å². The van der Waals surface area contributed by atoms with E-state index < -0.39 is 0 Å². The van der Waals surface area contributed by atoms with Crippen LogP contribution in [0.15, 0.2) is 15.9 Å². The molecular formula is C12H16N4O2S2. The molecule has 0 spiro atoms. The molecule has 8 heteroatoms. The number of imidazole rings is 1. The van der Waals surface area contributed by atoms with Crippen LogP contribution < -0.4 is 11.2 Å². The highest BCUT2D eigenvalue weighted by atomic mass is 32.2. The monoisotopic (exact) mass is 312 g/mol. The molecule has 0 aromatic carbocycles. The molecule has 20 heavy (non-hydrogen) atoms. The number of hydrogen-bond acceptors (Lipinski definition) is 5. The molecule has 0 atom stereocenters. The standard InChI is InChI=1S/C12H16N4O2S2/c1-14-10-9(11(17)15(2)12(14)18)16(7-13-10)6-8-19-4-3-5-20-8/h7-8H,3-6H2,1-2H3. The molecule has 6 nitrogen and oxygen atoms in total. The lowest BCUT2D eigenvalue weighted by Crippen LogP contribution is -2.37. The lowest BCUT2D eigenvalue weighted by Gasteiger charge is -2.21. The maximum Gasteiger partial charge on any atom is 0.332 e. The Hall–Kier alpha value is -1.15. The van der Waals surface area contributed by atoms with Gasteiger partial charge in [-0.15, -0.1) is 23.5 Å². The van der Waals surface area contributed by atoms with Crippen LogP contribution in [0.1, 0.15) is 6.42 Å². The van der Waals surface area contributed by atoms with Crippen LogP contribution >= 0.6 is 23.5 Å². The second-order valence-corrected chi connectivity index (χ2v) is 7.72. The normalized spacial score (nSPS) is 16.9. The second-order valence-electron chi connectivity index (χ2n) is 4.80. The predicted molar refractivity (Wildman–Crippen MR) is 83.5 cm³/mol. The smallest absolute Gasteiger partial charge is 0.323 e. The average molecular weight is 312 g/mol. The summed E-state index contributed by atoms with van der Waals surface area (Å²) in [6.45, 7) is 0.749. The number of aromatic nitrogens is 4. The number of aryl methyl sites for hydroxylation is 1. The molecule has 1 aliphatic heterocycles. The maximum absolute atomic E-state index is 12.3. The van der Waals surface area contributed by atoms with E-state index in [1.165, 1.54) is 29.5 Å². The van der Waals surface area contributed by atoms with Crippen molar-refractivity contribution in [3.63, 3.8) is 0 Å². The van der Waals surface area contributed by atoms with Crippen LogP contribution in [0.3, 0.4) is 0 Å². The van der Waals surface area contributed by atoms with Gasteiger partial charge in [0.15, 0.2) is 11.2 Å². The molecule has 2 aromatic rings. The summed E-state index contributed by atoms with van der Waals surface area (Å²) in [6, 6.07) is 0. The van der Waals surface area contributed by atoms with Gasteiger partial charge in [-0.2, -0.15) is 0 Å². The molecule has 108 valence electrons. The van der Waals surface area contributed by atoms with Gasteiger partial charge in [0.1, 0.15) is 0 Å². The van der Waals surface area contributed by atoms with Crippen molar-refractivity contribution < 1.29 is 0 Å². The topological polar surface area (TPSA) is 61.8 Å². The molecular weight excluding hydrogens is 296 g/mol. The largest absolute Gasteiger partial charge is 0.332 e. The Kier molecular flexibility index (Phi) is 3.68. The van der Waals surface area contributed by atoms with Gasteiger partial charge in [-0.3, -0.25) is 13.9 Å². The van der Waals surface area contributed by atoms with Crippen LogP contribution in [0, 0.1) is 0 Å². The van der Waals surface area contributed by atoms with Gasteiger partial charge < -0.3 is 4.57 Å². The van der Waals surface area contributed by atoms with Crippen molar-refractivity contribution in [1.29, 1.82) is 0 Å². The van der Waals surface area contributed by atoms with Crippen molar-refractivity contribution >= 4 is 34.7 Å².